The largest absolute Gasteiger partial charge is 0.340 e. The number of benzene rings is 2. The molecule has 2 heterocycles. The van der Waals surface area contributed by atoms with Crippen LogP contribution in [0.4, 0.5) is 5.13 Å². The van der Waals surface area contributed by atoms with E-state index in [1.54, 1.807) is 10.6 Å². The summed E-state index contributed by atoms with van der Waals surface area (Å²) in [5, 5.41) is 6.47. The highest BCUT2D eigenvalue weighted by molar-refractivity contribution is 9.10. The van der Waals surface area contributed by atoms with Crippen LogP contribution >= 0.6 is 39.0 Å². The third kappa shape index (κ3) is 6.12. The first-order valence-corrected chi connectivity index (χ1v) is 13.5. The predicted molar refractivity (Wildman–Crippen MR) is 143 cm³/mol. The molecule has 2 N–H and O–H groups in total. The van der Waals surface area contributed by atoms with Gasteiger partial charge in [-0.15, -0.1) is 11.3 Å². The van der Waals surface area contributed by atoms with Gasteiger partial charge in [-0.2, -0.15) is 0 Å². The Balaban J connectivity index is 1.47. The van der Waals surface area contributed by atoms with E-state index >= 15 is 0 Å². The van der Waals surface area contributed by atoms with Crippen LogP contribution in [0.1, 0.15) is 6.42 Å². The standard InChI is InChI=1S/C24H24BrN5O2S2/c1-29(2)11-6-12-30-22(32)18-9-3-4-10-19(18)27-24(30)34-15-21(31)28-23-26-20(14-33-23)16-7-5-8-17(25)13-16/h3-5,7-10,13-14H,6,11-12,15H2,1-2H3,(H,26,28,31)/p+1. The molecule has 0 saturated heterocycles. The summed E-state index contributed by atoms with van der Waals surface area (Å²) in [6.07, 6.45) is 0.847. The fraction of sp³-hybridized carbons (Fsp3) is 0.250. The SMILES string of the molecule is C[NH+](C)CCCn1c(SCC(=O)Nc2nc(-c3cccc(Br)c3)cs2)nc2ccccc2c1=O. The number of thioether (sulfide) groups is 1. The van der Waals surface area contributed by atoms with Crippen molar-refractivity contribution in [2.75, 3.05) is 31.7 Å². The van der Waals surface area contributed by atoms with E-state index in [2.05, 4.69) is 45.3 Å². The van der Waals surface area contributed by atoms with Crippen molar-refractivity contribution in [2.45, 2.75) is 18.1 Å². The van der Waals surface area contributed by atoms with Crippen molar-refractivity contribution < 1.29 is 9.69 Å². The van der Waals surface area contributed by atoms with Crippen molar-refractivity contribution >= 4 is 61.0 Å². The van der Waals surface area contributed by atoms with Gasteiger partial charge in [0.2, 0.25) is 5.91 Å². The molecule has 2 aromatic heterocycles. The monoisotopic (exact) mass is 558 g/mol. The molecule has 0 bridgehead atoms. The number of rotatable bonds is 9. The number of hydrogen-bond acceptors (Lipinski definition) is 6. The Hall–Kier alpha value is -2.53. The van der Waals surface area contributed by atoms with E-state index in [0.717, 1.165) is 28.7 Å². The molecule has 0 atom stereocenters. The number of hydrogen-bond donors (Lipinski definition) is 2. The van der Waals surface area contributed by atoms with E-state index in [9.17, 15) is 9.59 Å². The average molecular weight is 560 g/mol. The van der Waals surface area contributed by atoms with Crippen molar-refractivity contribution in [3.8, 4) is 11.3 Å². The highest BCUT2D eigenvalue weighted by Gasteiger charge is 2.15. The van der Waals surface area contributed by atoms with Crippen molar-refractivity contribution in [1.82, 2.24) is 14.5 Å². The number of halogens is 1. The van der Waals surface area contributed by atoms with Gasteiger partial charge in [0.05, 0.1) is 43.0 Å². The summed E-state index contributed by atoms with van der Waals surface area (Å²) in [6, 6.07) is 15.2. The minimum atomic E-state index is -0.188. The van der Waals surface area contributed by atoms with E-state index < -0.39 is 0 Å². The summed E-state index contributed by atoms with van der Waals surface area (Å²) in [7, 11) is 4.17. The van der Waals surface area contributed by atoms with Gasteiger partial charge in [0.15, 0.2) is 10.3 Å². The summed E-state index contributed by atoms with van der Waals surface area (Å²) in [4.78, 5) is 36.3. The summed E-state index contributed by atoms with van der Waals surface area (Å²) in [6.45, 7) is 1.50. The van der Waals surface area contributed by atoms with Crippen molar-refractivity contribution in [2.24, 2.45) is 0 Å². The number of aromatic nitrogens is 3. The molecule has 2 aromatic carbocycles. The van der Waals surface area contributed by atoms with Crippen molar-refractivity contribution in [3.63, 3.8) is 0 Å². The van der Waals surface area contributed by atoms with Crippen LogP contribution in [0.2, 0.25) is 0 Å². The quantitative estimate of drug-likeness (QED) is 0.242. The topological polar surface area (TPSA) is 81.3 Å². The number of amides is 1. The number of nitrogens with zero attached hydrogens (tertiary/aromatic N) is 3. The summed E-state index contributed by atoms with van der Waals surface area (Å²) >= 11 is 6.12. The molecule has 0 unspecified atom stereocenters. The van der Waals surface area contributed by atoms with Crippen LogP contribution < -0.4 is 15.8 Å². The zero-order chi connectivity index (χ0) is 24.1. The van der Waals surface area contributed by atoms with Crippen LogP contribution in [-0.4, -0.2) is 46.8 Å². The summed E-state index contributed by atoms with van der Waals surface area (Å²) < 4.78 is 2.67. The smallest absolute Gasteiger partial charge is 0.262 e. The first-order valence-electron chi connectivity index (χ1n) is 10.8. The van der Waals surface area contributed by atoms with Gasteiger partial charge in [0.1, 0.15) is 0 Å². The van der Waals surface area contributed by atoms with Crippen LogP contribution in [0.25, 0.3) is 22.2 Å². The number of carbonyl (C=O) groups is 1. The molecule has 1 amide bonds. The number of quaternary nitrogens is 1. The van der Waals surface area contributed by atoms with Crippen LogP contribution in [0.15, 0.2) is 68.3 Å². The third-order valence-corrected chi connectivity index (χ3v) is 7.32. The highest BCUT2D eigenvalue weighted by Crippen LogP contribution is 2.27. The van der Waals surface area contributed by atoms with Crippen LogP contribution in [0.5, 0.6) is 0 Å². The van der Waals surface area contributed by atoms with E-state index in [-0.39, 0.29) is 17.2 Å². The highest BCUT2D eigenvalue weighted by atomic mass is 79.9. The third-order valence-electron chi connectivity index (χ3n) is 5.09. The normalized spacial score (nSPS) is 11.3. The molecule has 0 aliphatic carbocycles. The Morgan fingerprint density at radius 2 is 2.00 bits per heavy atom. The molecular weight excluding hydrogens is 534 g/mol. The molecule has 0 fully saturated rings. The van der Waals surface area contributed by atoms with Crippen molar-refractivity contribution in [1.29, 1.82) is 0 Å². The molecule has 0 aliphatic heterocycles. The maximum absolute atomic E-state index is 13.1. The minimum Gasteiger partial charge on any atom is -0.340 e. The van der Waals surface area contributed by atoms with Crippen molar-refractivity contribution in [3.05, 3.63) is 68.7 Å². The van der Waals surface area contributed by atoms with Crippen LogP contribution in [-0.2, 0) is 11.3 Å². The predicted octanol–water partition coefficient (Wildman–Crippen LogP) is 3.55. The number of para-hydroxylation sites is 1. The van der Waals surface area contributed by atoms with E-state index in [0.29, 0.717) is 27.7 Å². The molecule has 10 heteroatoms. The molecule has 0 saturated carbocycles. The molecule has 0 spiro atoms. The molecular formula is C24H25BrN5O2S2+. The van der Waals surface area contributed by atoms with Crippen LogP contribution in [0, 0.1) is 0 Å². The lowest BCUT2D eigenvalue weighted by molar-refractivity contribution is -0.858. The Labute approximate surface area is 214 Å². The lowest BCUT2D eigenvalue weighted by Crippen LogP contribution is -3.05. The van der Waals surface area contributed by atoms with Gasteiger partial charge in [0, 0.05) is 28.4 Å². The van der Waals surface area contributed by atoms with Gasteiger partial charge < -0.3 is 10.2 Å². The fourth-order valence-corrected chi connectivity index (χ4v) is 5.40. The summed E-state index contributed by atoms with van der Waals surface area (Å²) in [5.41, 5.74) is 2.36. The molecule has 176 valence electrons. The van der Waals surface area contributed by atoms with E-state index in [4.69, 9.17) is 0 Å². The van der Waals surface area contributed by atoms with Crippen LogP contribution in [0.3, 0.4) is 0 Å². The molecule has 4 rings (SSSR count). The zero-order valence-electron chi connectivity index (χ0n) is 18.9. The molecule has 0 aliphatic rings. The molecule has 4 aromatic rings. The van der Waals surface area contributed by atoms with Gasteiger partial charge >= 0.3 is 0 Å². The van der Waals surface area contributed by atoms with Gasteiger partial charge in [0.25, 0.3) is 5.56 Å². The first-order chi connectivity index (χ1) is 16.4. The first kappa shape index (κ1) is 24.6. The average Bonchev–Trinajstić information content (AvgIpc) is 3.27. The Kier molecular flexibility index (Phi) is 8.15. The lowest BCUT2D eigenvalue weighted by atomic mass is 10.2. The summed E-state index contributed by atoms with van der Waals surface area (Å²) in [5.74, 6) is -0.0537. The Morgan fingerprint density at radius 1 is 1.18 bits per heavy atom. The van der Waals surface area contributed by atoms with Gasteiger partial charge in [-0.1, -0.05) is 52.0 Å². The molecule has 7 nitrogen and oxygen atoms in total. The minimum absolute atomic E-state index is 0.0687. The molecule has 34 heavy (non-hydrogen) atoms. The fourth-order valence-electron chi connectivity index (χ4n) is 3.44. The molecule has 0 radical (unpaired) electrons. The second-order valence-electron chi connectivity index (χ2n) is 8.06. The second-order valence-corrected chi connectivity index (χ2v) is 10.8. The zero-order valence-corrected chi connectivity index (χ0v) is 22.1. The van der Waals surface area contributed by atoms with Gasteiger partial charge in [-0.05, 0) is 24.3 Å². The Bertz CT molecular complexity index is 1370. The number of fused-ring (bicyclic) bond motifs is 1. The van der Waals surface area contributed by atoms with E-state index in [1.165, 1.54) is 28.0 Å². The second kappa shape index (κ2) is 11.3. The maximum atomic E-state index is 13.1. The van der Waals surface area contributed by atoms with E-state index in [1.807, 2.05) is 47.8 Å². The number of carbonyl (C=O) groups excluding carboxylic acids is 1. The number of anilines is 1. The van der Waals surface area contributed by atoms with Gasteiger partial charge in [-0.3, -0.25) is 14.2 Å². The Morgan fingerprint density at radius 3 is 2.79 bits per heavy atom. The maximum Gasteiger partial charge on any atom is 0.262 e. The lowest BCUT2D eigenvalue weighted by Gasteiger charge is -2.13. The van der Waals surface area contributed by atoms with Gasteiger partial charge in [-0.25, -0.2) is 9.97 Å². The number of nitrogens with one attached hydrogen (secondary N) is 2. The number of thiazole rings is 1.